The van der Waals surface area contributed by atoms with Gasteiger partial charge in [0.05, 0.1) is 5.69 Å². The Hall–Kier alpha value is -3.12. The van der Waals surface area contributed by atoms with Gasteiger partial charge in [-0.05, 0) is 86.6 Å². The molecule has 2 aliphatic rings. The fourth-order valence-electron chi connectivity index (χ4n) is 4.51. The number of aromatic nitrogens is 1. The maximum atomic E-state index is 13.3. The quantitative estimate of drug-likeness (QED) is 0.349. The zero-order valence-electron chi connectivity index (χ0n) is 18.9. The number of carbonyl (C=O) groups excluding carboxylic acids is 3. The minimum atomic E-state index is -4.44. The molecule has 1 aromatic carbocycles. The Morgan fingerprint density at radius 1 is 1.14 bits per heavy atom. The van der Waals surface area contributed by atoms with Crippen molar-refractivity contribution in [3.05, 3.63) is 53.9 Å². The molecule has 1 aromatic heterocycles. The van der Waals surface area contributed by atoms with Crippen molar-refractivity contribution >= 4 is 35.8 Å². The number of rotatable bonds is 7. The number of pyridine rings is 1. The van der Waals surface area contributed by atoms with Crippen LogP contribution in [0.25, 0.3) is 0 Å². The number of halogens is 3. The molecule has 2 fully saturated rings. The second-order valence-electron chi connectivity index (χ2n) is 8.45. The topological polar surface area (TPSA) is 85.8 Å². The molecule has 2 saturated heterocycles. The van der Waals surface area contributed by atoms with Crippen LogP contribution in [0.4, 0.5) is 23.7 Å². The van der Waals surface area contributed by atoms with E-state index in [2.05, 4.69) is 22.2 Å². The Bertz CT molecular complexity index is 1090. The number of carbonyl (C=O) groups is 3. The van der Waals surface area contributed by atoms with Gasteiger partial charge in [-0.3, -0.25) is 19.5 Å². The number of piperidine rings is 1. The van der Waals surface area contributed by atoms with Crippen LogP contribution in [-0.4, -0.2) is 65.3 Å². The molecule has 1 unspecified atom stereocenters. The Labute approximate surface area is 204 Å². The van der Waals surface area contributed by atoms with Gasteiger partial charge in [0.15, 0.2) is 0 Å². The van der Waals surface area contributed by atoms with E-state index in [4.69, 9.17) is 0 Å². The van der Waals surface area contributed by atoms with Crippen molar-refractivity contribution in [1.82, 2.24) is 20.1 Å². The zero-order chi connectivity index (χ0) is 25.2. The number of thioether (sulfide) groups is 1. The van der Waals surface area contributed by atoms with E-state index in [0.717, 1.165) is 36.4 Å². The van der Waals surface area contributed by atoms with Gasteiger partial charge in [-0.15, -0.1) is 0 Å². The lowest BCUT2D eigenvalue weighted by Gasteiger charge is -2.33. The molecule has 0 spiro atoms. The molecule has 4 amide bonds. The van der Waals surface area contributed by atoms with E-state index in [9.17, 15) is 27.6 Å². The number of alkyl halides is 3. The smallest absolute Gasteiger partial charge is 0.334 e. The van der Waals surface area contributed by atoms with E-state index in [1.165, 1.54) is 29.2 Å². The molecule has 0 aliphatic carbocycles. The summed E-state index contributed by atoms with van der Waals surface area (Å²) < 4.78 is 37.9. The monoisotopic (exact) mass is 507 g/mol. The highest BCUT2D eigenvalue weighted by Crippen LogP contribution is 2.38. The summed E-state index contributed by atoms with van der Waals surface area (Å²) in [5, 5.41) is 2.67. The minimum absolute atomic E-state index is 0.0581. The lowest BCUT2D eigenvalue weighted by molar-refractivity contribution is -0.117. The number of hydrogen-bond donors (Lipinski definition) is 1. The summed E-state index contributed by atoms with van der Waals surface area (Å²) in [5.41, 5.74) is -2.70. The lowest BCUT2D eigenvalue weighted by atomic mass is 9.87. The summed E-state index contributed by atoms with van der Waals surface area (Å²) in [6.07, 6.45) is 4.68. The molecule has 3 heterocycles. The van der Waals surface area contributed by atoms with Gasteiger partial charge in [-0.25, -0.2) is 9.69 Å². The molecule has 8 nitrogen and oxygen atoms in total. The van der Waals surface area contributed by atoms with Crippen LogP contribution in [-0.2, 0) is 9.59 Å². The van der Waals surface area contributed by atoms with E-state index in [-0.39, 0.29) is 34.8 Å². The number of anilines is 1. The molecule has 0 saturated carbocycles. The molecule has 4 rings (SSSR count). The molecular weight excluding hydrogens is 483 g/mol. The molecule has 1 N–H and O–H groups in total. The van der Waals surface area contributed by atoms with Crippen molar-refractivity contribution in [2.75, 3.05) is 31.6 Å². The van der Waals surface area contributed by atoms with Crippen LogP contribution >= 0.6 is 11.8 Å². The highest BCUT2D eigenvalue weighted by atomic mass is 32.2. The summed E-state index contributed by atoms with van der Waals surface area (Å²) in [6, 6.07) is 6.07. The molecule has 186 valence electrons. The van der Waals surface area contributed by atoms with Crippen LogP contribution in [0.15, 0.2) is 47.6 Å². The largest absolute Gasteiger partial charge is 0.446 e. The normalized spacial score (nSPS) is 18.7. The molecule has 35 heavy (non-hydrogen) atoms. The van der Waals surface area contributed by atoms with Crippen LogP contribution in [0.2, 0.25) is 0 Å². The fourth-order valence-corrected chi connectivity index (χ4v) is 5.05. The van der Waals surface area contributed by atoms with E-state index in [1.807, 2.05) is 0 Å². The Morgan fingerprint density at radius 2 is 1.83 bits per heavy atom. The van der Waals surface area contributed by atoms with Gasteiger partial charge in [0.25, 0.3) is 5.91 Å². The predicted molar refractivity (Wildman–Crippen MR) is 124 cm³/mol. The van der Waals surface area contributed by atoms with Gasteiger partial charge in [-0.1, -0.05) is 0 Å². The summed E-state index contributed by atoms with van der Waals surface area (Å²) in [4.78, 5) is 46.2. The maximum Gasteiger partial charge on any atom is 0.446 e. The maximum absolute atomic E-state index is 13.3. The Balaban J connectivity index is 1.60. The molecular formula is C23H24F3N5O3S. The van der Waals surface area contributed by atoms with Crippen molar-refractivity contribution < 1.29 is 27.6 Å². The van der Waals surface area contributed by atoms with Crippen LogP contribution in [0.1, 0.15) is 36.1 Å². The van der Waals surface area contributed by atoms with Crippen molar-refractivity contribution in [3.8, 4) is 0 Å². The van der Waals surface area contributed by atoms with Crippen molar-refractivity contribution in [2.45, 2.75) is 35.3 Å². The first-order valence-corrected chi connectivity index (χ1v) is 11.8. The fraction of sp³-hybridized carbons (Fsp3) is 0.391. The first-order chi connectivity index (χ1) is 16.7. The minimum Gasteiger partial charge on any atom is -0.334 e. The molecule has 0 radical (unpaired) electrons. The van der Waals surface area contributed by atoms with Gasteiger partial charge in [0, 0.05) is 22.9 Å². The Morgan fingerprint density at radius 3 is 2.46 bits per heavy atom. The second-order valence-corrected chi connectivity index (χ2v) is 9.59. The average Bonchev–Trinajstić information content (AvgIpc) is 3.11. The standard InChI is InChI=1S/C23H24F3N5O3S/c1-29-10-7-15(8-11-29)19-12-27-9-6-18(19)21(28-14-32)30-13-20(33)31(22(30)34)16-2-4-17(5-3-16)35-23(24,25)26/h2-6,9,12,14-15,21H,7-8,10-11,13H2,1H3,(H,28,32). The highest BCUT2D eigenvalue weighted by Gasteiger charge is 2.42. The summed E-state index contributed by atoms with van der Waals surface area (Å²) in [7, 11) is 2.05. The van der Waals surface area contributed by atoms with Crippen LogP contribution in [0.3, 0.4) is 0 Å². The number of likely N-dealkylation sites (tertiary alicyclic amines) is 1. The number of urea groups is 1. The number of amides is 4. The van der Waals surface area contributed by atoms with E-state index in [1.54, 1.807) is 18.5 Å². The Kier molecular flexibility index (Phi) is 7.31. The zero-order valence-corrected chi connectivity index (χ0v) is 19.7. The van der Waals surface area contributed by atoms with E-state index in [0.29, 0.717) is 12.0 Å². The summed E-state index contributed by atoms with van der Waals surface area (Å²) >= 11 is -0.278. The van der Waals surface area contributed by atoms with Gasteiger partial charge in [-0.2, -0.15) is 13.2 Å². The van der Waals surface area contributed by atoms with Crippen molar-refractivity contribution in [2.24, 2.45) is 0 Å². The predicted octanol–water partition coefficient (Wildman–Crippen LogP) is 3.72. The van der Waals surface area contributed by atoms with E-state index >= 15 is 0 Å². The number of imide groups is 1. The molecule has 2 aliphatic heterocycles. The SMILES string of the molecule is CN1CCC(c2cnccc2C(NC=O)N2CC(=O)N(c3ccc(SC(F)(F)F)cc3)C2=O)CC1. The molecule has 1 atom stereocenters. The van der Waals surface area contributed by atoms with Gasteiger partial charge >= 0.3 is 11.5 Å². The van der Waals surface area contributed by atoms with Crippen LogP contribution in [0.5, 0.6) is 0 Å². The van der Waals surface area contributed by atoms with Gasteiger partial charge in [0.2, 0.25) is 6.41 Å². The molecule has 2 aromatic rings. The van der Waals surface area contributed by atoms with Crippen molar-refractivity contribution in [1.29, 1.82) is 0 Å². The van der Waals surface area contributed by atoms with Crippen molar-refractivity contribution in [3.63, 3.8) is 0 Å². The number of nitrogens with one attached hydrogen (secondary N) is 1. The van der Waals surface area contributed by atoms with Crippen LogP contribution in [0, 0.1) is 0 Å². The first-order valence-electron chi connectivity index (χ1n) is 11.0. The second kappa shape index (κ2) is 10.2. The van der Waals surface area contributed by atoms with Gasteiger partial charge in [0.1, 0.15) is 12.7 Å². The summed E-state index contributed by atoms with van der Waals surface area (Å²) in [5.74, 6) is -0.354. The molecule has 12 heteroatoms. The third-order valence-electron chi connectivity index (χ3n) is 6.20. The molecule has 0 bridgehead atoms. The number of benzene rings is 1. The average molecular weight is 508 g/mol. The number of hydrogen-bond acceptors (Lipinski definition) is 6. The highest BCUT2D eigenvalue weighted by molar-refractivity contribution is 8.00. The first kappa shape index (κ1) is 25.0. The summed E-state index contributed by atoms with van der Waals surface area (Å²) in [6.45, 7) is 1.52. The van der Waals surface area contributed by atoms with Crippen LogP contribution < -0.4 is 10.2 Å². The number of nitrogens with zero attached hydrogens (tertiary/aromatic N) is 4. The lowest BCUT2D eigenvalue weighted by Crippen LogP contribution is -2.42. The van der Waals surface area contributed by atoms with E-state index < -0.39 is 23.6 Å². The third-order valence-corrected chi connectivity index (χ3v) is 6.94. The third kappa shape index (κ3) is 5.59. The van der Waals surface area contributed by atoms with Gasteiger partial charge < -0.3 is 10.2 Å².